The molecule has 0 saturated carbocycles. The van der Waals surface area contributed by atoms with E-state index in [4.69, 9.17) is 0 Å². The van der Waals surface area contributed by atoms with Crippen LogP contribution in [0.3, 0.4) is 0 Å². The van der Waals surface area contributed by atoms with Gasteiger partial charge in [-0.3, -0.25) is 0 Å². The molecule has 0 radical (unpaired) electrons. The average molecular weight is 164 g/mol. The molecule has 11 heavy (non-hydrogen) atoms. The van der Waals surface area contributed by atoms with Gasteiger partial charge in [0.15, 0.2) is 0 Å². The minimum Gasteiger partial charge on any atom is -0.393 e. The van der Waals surface area contributed by atoms with Crippen molar-refractivity contribution in [1.82, 2.24) is 0 Å². The minimum absolute atomic E-state index is 0.215. The smallest absolute Gasteiger partial charge is 0.0980 e. The summed E-state index contributed by atoms with van der Waals surface area (Å²) in [6.45, 7) is 5.54. The lowest BCUT2D eigenvalue weighted by Crippen LogP contribution is -2.22. The topological polar surface area (TPSA) is 29.5 Å². The predicted molar refractivity (Wildman–Crippen MR) is 41.7 cm³/mol. The average Bonchev–Trinajstić information content (AvgIpc) is 2.02. The van der Waals surface area contributed by atoms with E-state index in [9.17, 15) is 9.63 Å². The van der Waals surface area contributed by atoms with Gasteiger partial charge in [0.25, 0.3) is 0 Å². The Morgan fingerprint density at radius 3 is 2.36 bits per heavy atom. The van der Waals surface area contributed by atoms with E-state index < -0.39 is 12.2 Å². The van der Waals surface area contributed by atoms with Crippen molar-refractivity contribution in [1.29, 1.82) is 0 Å². The number of aliphatic hydroxyl groups excluding tert-OH is 1. The second kappa shape index (κ2) is 5.49. The normalized spacial score (nSPS) is 19.4. The third-order valence-electron chi connectivity index (χ3n) is 2.03. The molecule has 0 aliphatic rings. The summed E-state index contributed by atoms with van der Waals surface area (Å²) in [5, 5.41) is 9.37. The highest BCUT2D eigenvalue weighted by Gasteiger charge is 2.16. The van der Waals surface area contributed by atoms with E-state index in [-0.39, 0.29) is 5.92 Å². The summed E-state index contributed by atoms with van der Waals surface area (Å²) in [5.41, 5.74) is 0. The van der Waals surface area contributed by atoms with Gasteiger partial charge in [-0.05, 0) is 17.4 Å². The SMILES string of the molecule is CCC(C)C(O)CC(C)OF. The van der Waals surface area contributed by atoms with E-state index in [2.05, 4.69) is 4.94 Å². The van der Waals surface area contributed by atoms with Gasteiger partial charge in [-0.25, -0.2) is 0 Å². The van der Waals surface area contributed by atoms with Gasteiger partial charge in [0, 0.05) is 6.42 Å². The van der Waals surface area contributed by atoms with Crippen LogP contribution < -0.4 is 0 Å². The molecule has 3 atom stereocenters. The summed E-state index contributed by atoms with van der Waals surface area (Å²) in [5.74, 6) is 0.215. The van der Waals surface area contributed by atoms with Crippen LogP contribution in [0.5, 0.6) is 0 Å². The van der Waals surface area contributed by atoms with Crippen molar-refractivity contribution in [3.63, 3.8) is 0 Å². The molecule has 0 aromatic rings. The highest BCUT2D eigenvalue weighted by atomic mass is 19.3. The van der Waals surface area contributed by atoms with Crippen LogP contribution >= 0.6 is 0 Å². The summed E-state index contributed by atoms with van der Waals surface area (Å²) in [6, 6.07) is 0. The highest BCUT2D eigenvalue weighted by molar-refractivity contribution is 4.65. The fourth-order valence-electron chi connectivity index (χ4n) is 0.881. The third kappa shape index (κ3) is 4.32. The maximum absolute atomic E-state index is 11.5. The van der Waals surface area contributed by atoms with Gasteiger partial charge in [0.05, 0.1) is 12.2 Å². The largest absolute Gasteiger partial charge is 0.393 e. The van der Waals surface area contributed by atoms with Gasteiger partial charge < -0.3 is 5.11 Å². The molecule has 3 unspecified atom stereocenters. The molecule has 3 heteroatoms. The molecular formula is C8H17FO2. The molecule has 0 rings (SSSR count). The summed E-state index contributed by atoms with van der Waals surface area (Å²) in [4.78, 5) is 3.56. The summed E-state index contributed by atoms with van der Waals surface area (Å²) < 4.78 is 11.5. The standard InChI is InChI=1S/C8H17FO2/c1-4-6(2)8(10)5-7(3)11-9/h6-8,10H,4-5H2,1-3H3. The van der Waals surface area contributed by atoms with Crippen molar-refractivity contribution >= 4 is 0 Å². The van der Waals surface area contributed by atoms with Crippen LogP contribution in [0.25, 0.3) is 0 Å². The Kier molecular flexibility index (Phi) is 5.42. The summed E-state index contributed by atoms with van der Waals surface area (Å²) in [7, 11) is 0. The van der Waals surface area contributed by atoms with Crippen molar-refractivity contribution in [2.45, 2.75) is 45.8 Å². The lowest BCUT2D eigenvalue weighted by Gasteiger charge is -2.18. The van der Waals surface area contributed by atoms with Crippen molar-refractivity contribution in [2.75, 3.05) is 0 Å². The quantitative estimate of drug-likeness (QED) is 0.674. The molecule has 68 valence electrons. The summed E-state index contributed by atoms with van der Waals surface area (Å²) >= 11 is 0. The zero-order chi connectivity index (χ0) is 8.85. The molecule has 0 amide bonds. The Hall–Kier alpha value is -0.150. The molecule has 0 aliphatic heterocycles. The van der Waals surface area contributed by atoms with Crippen molar-refractivity contribution in [3.8, 4) is 0 Å². The number of rotatable bonds is 5. The van der Waals surface area contributed by atoms with Crippen LogP contribution in [-0.4, -0.2) is 17.3 Å². The van der Waals surface area contributed by atoms with E-state index in [1.165, 1.54) is 0 Å². The molecule has 0 aliphatic carbocycles. The predicted octanol–water partition coefficient (Wildman–Crippen LogP) is 2.07. The van der Waals surface area contributed by atoms with E-state index in [0.717, 1.165) is 6.42 Å². The van der Waals surface area contributed by atoms with Crippen LogP contribution in [0.15, 0.2) is 0 Å². The van der Waals surface area contributed by atoms with Crippen LogP contribution in [0.4, 0.5) is 4.53 Å². The molecular weight excluding hydrogens is 147 g/mol. The second-order valence-electron chi connectivity index (χ2n) is 3.09. The number of halogens is 1. The highest BCUT2D eigenvalue weighted by Crippen LogP contribution is 2.13. The Morgan fingerprint density at radius 1 is 1.45 bits per heavy atom. The second-order valence-corrected chi connectivity index (χ2v) is 3.09. The van der Waals surface area contributed by atoms with Gasteiger partial charge in [0.1, 0.15) is 0 Å². The Labute approximate surface area is 67.3 Å². The maximum Gasteiger partial charge on any atom is 0.0980 e. The van der Waals surface area contributed by atoms with Crippen molar-refractivity contribution < 1.29 is 14.6 Å². The lowest BCUT2D eigenvalue weighted by atomic mass is 9.97. The van der Waals surface area contributed by atoms with Crippen LogP contribution in [0.2, 0.25) is 0 Å². The fourth-order valence-corrected chi connectivity index (χ4v) is 0.881. The molecule has 0 spiro atoms. The van der Waals surface area contributed by atoms with Crippen LogP contribution in [-0.2, 0) is 4.94 Å². The van der Waals surface area contributed by atoms with Crippen LogP contribution in [0, 0.1) is 5.92 Å². The number of hydrogen-bond donors (Lipinski definition) is 1. The monoisotopic (exact) mass is 164 g/mol. The Bertz CT molecular complexity index is 98.1. The minimum atomic E-state index is -0.501. The maximum atomic E-state index is 11.5. The van der Waals surface area contributed by atoms with Crippen molar-refractivity contribution in [3.05, 3.63) is 0 Å². The van der Waals surface area contributed by atoms with Crippen LogP contribution in [0.1, 0.15) is 33.6 Å². The summed E-state index contributed by atoms with van der Waals surface area (Å²) in [6.07, 6.45) is 0.316. The Morgan fingerprint density at radius 2 is 2.00 bits per heavy atom. The molecule has 0 aromatic carbocycles. The van der Waals surface area contributed by atoms with Crippen molar-refractivity contribution in [2.24, 2.45) is 5.92 Å². The molecule has 1 N–H and O–H groups in total. The zero-order valence-corrected chi connectivity index (χ0v) is 7.38. The van der Waals surface area contributed by atoms with E-state index in [1.54, 1.807) is 6.92 Å². The first-order chi connectivity index (χ1) is 5.11. The van der Waals surface area contributed by atoms with Gasteiger partial charge in [-0.1, -0.05) is 20.3 Å². The lowest BCUT2D eigenvalue weighted by molar-refractivity contribution is -0.182. The third-order valence-corrected chi connectivity index (χ3v) is 2.03. The van der Waals surface area contributed by atoms with E-state index in [0.29, 0.717) is 6.42 Å². The van der Waals surface area contributed by atoms with Gasteiger partial charge >= 0.3 is 0 Å². The number of aliphatic hydroxyl groups is 1. The molecule has 0 heterocycles. The van der Waals surface area contributed by atoms with Gasteiger partial charge in [-0.15, -0.1) is 0 Å². The van der Waals surface area contributed by atoms with Gasteiger partial charge in [0.2, 0.25) is 0 Å². The fraction of sp³-hybridized carbons (Fsp3) is 1.00. The molecule has 0 aromatic heterocycles. The zero-order valence-electron chi connectivity index (χ0n) is 7.38. The Balaban J connectivity index is 3.58. The number of hydrogen-bond acceptors (Lipinski definition) is 2. The first-order valence-corrected chi connectivity index (χ1v) is 4.07. The van der Waals surface area contributed by atoms with E-state index in [1.807, 2.05) is 13.8 Å². The van der Waals surface area contributed by atoms with E-state index >= 15 is 0 Å². The first kappa shape index (κ1) is 10.8. The molecule has 0 bridgehead atoms. The molecule has 0 fully saturated rings. The molecule has 0 saturated heterocycles. The first-order valence-electron chi connectivity index (χ1n) is 4.07. The van der Waals surface area contributed by atoms with Gasteiger partial charge in [-0.2, -0.15) is 4.94 Å². The molecule has 2 nitrogen and oxygen atoms in total.